The molecule has 1 amide bonds. The minimum atomic E-state index is -1.20. The van der Waals surface area contributed by atoms with Gasteiger partial charge < -0.3 is 10.4 Å². The Labute approximate surface area is 145 Å². The number of carboxylic acids is 1. The van der Waals surface area contributed by atoms with Crippen molar-refractivity contribution in [1.29, 1.82) is 0 Å². The Bertz CT molecular complexity index is 811. The zero-order valence-electron chi connectivity index (χ0n) is 13.4. The van der Waals surface area contributed by atoms with Gasteiger partial charge in [0.2, 0.25) is 6.20 Å². The van der Waals surface area contributed by atoms with E-state index in [1.54, 1.807) is 6.92 Å². The number of amides is 1. The molecule has 0 aromatic carbocycles. The van der Waals surface area contributed by atoms with Gasteiger partial charge in [-0.15, -0.1) is 0 Å². The lowest BCUT2D eigenvalue weighted by molar-refractivity contribution is -0.420. The lowest BCUT2D eigenvalue weighted by atomic mass is 10.2. The van der Waals surface area contributed by atoms with E-state index >= 15 is 0 Å². The fraction of sp³-hybridized carbons (Fsp3) is 0.143. The highest BCUT2D eigenvalue weighted by molar-refractivity contribution is 5.94. The number of nitrogens with zero attached hydrogens (tertiary/aromatic N) is 3. The number of aromatic carboxylic acids is 1. The Balaban J connectivity index is 0.000000263. The number of aromatic amines is 1. The smallest absolute Gasteiger partial charge is 0.342 e. The maximum Gasteiger partial charge on any atom is 0.342 e. The van der Waals surface area contributed by atoms with Crippen molar-refractivity contribution in [3.8, 4) is 0 Å². The summed E-state index contributed by atoms with van der Waals surface area (Å²) in [6.07, 6.45) is 4.68. The standard InChI is InChI=1S/C8H9N3O3.C6H4N2O4/c1-2-10-8(12)6-3-7(11(13)14)5-9-4-6;9-6(10)4-1-5(8(11)12)3-7-2-4/h3-5H,2H2,1H3,(H,10,12);1-3H,(H,9,10)/p+1. The molecule has 2 heterocycles. The first-order valence-electron chi connectivity index (χ1n) is 7.02. The van der Waals surface area contributed by atoms with E-state index in [4.69, 9.17) is 5.11 Å². The van der Waals surface area contributed by atoms with Crippen LogP contribution in [0.15, 0.2) is 36.9 Å². The fourth-order valence-electron chi connectivity index (χ4n) is 1.60. The molecule has 0 atom stereocenters. The summed E-state index contributed by atoms with van der Waals surface area (Å²) in [5, 5.41) is 31.5. The number of hydrogen-bond donors (Lipinski definition) is 2. The first-order valence-corrected chi connectivity index (χ1v) is 7.02. The molecule has 0 unspecified atom stereocenters. The third kappa shape index (κ3) is 5.92. The second kappa shape index (κ2) is 9.36. The highest BCUT2D eigenvalue weighted by atomic mass is 16.6. The predicted octanol–water partition coefficient (Wildman–Crippen LogP) is 0.847. The number of nitrogens with one attached hydrogen (secondary N) is 2. The summed E-state index contributed by atoms with van der Waals surface area (Å²) in [5.41, 5.74) is -0.395. The van der Waals surface area contributed by atoms with Crippen molar-refractivity contribution in [2.75, 3.05) is 6.54 Å². The maximum atomic E-state index is 11.2. The highest BCUT2D eigenvalue weighted by Crippen LogP contribution is 2.10. The minimum Gasteiger partial charge on any atom is -0.477 e. The van der Waals surface area contributed by atoms with Crippen LogP contribution in [0.5, 0.6) is 0 Å². The summed E-state index contributed by atoms with van der Waals surface area (Å²) in [6.45, 7) is 2.24. The van der Waals surface area contributed by atoms with Crippen LogP contribution in [0.3, 0.4) is 0 Å². The van der Waals surface area contributed by atoms with Crippen molar-refractivity contribution in [2.45, 2.75) is 6.92 Å². The molecule has 0 saturated heterocycles. The van der Waals surface area contributed by atoms with Crippen LogP contribution in [0, 0.1) is 20.2 Å². The lowest BCUT2D eigenvalue weighted by Crippen LogP contribution is -2.22. The molecule has 26 heavy (non-hydrogen) atoms. The number of H-pyrrole nitrogens is 1. The molecule has 12 heteroatoms. The Morgan fingerprint density at radius 2 is 1.73 bits per heavy atom. The van der Waals surface area contributed by atoms with Gasteiger partial charge in [0.15, 0.2) is 6.20 Å². The van der Waals surface area contributed by atoms with Gasteiger partial charge in [-0.2, -0.15) is 0 Å². The quantitative estimate of drug-likeness (QED) is 0.578. The molecule has 0 saturated carbocycles. The Morgan fingerprint density at radius 3 is 2.27 bits per heavy atom. The first kappa shape index (κ1) is 20.1. The number of carbonyl (C=O) groups excluding carboxylic acids is 1. The van der Waals surface area contributed by atoms with Gasteiger partial charge in [0.05, 0.1) is 15.4 Å². The average Bonchev–Trinajstić information content (AvgIpc) is 2.62. The van der Waals surface area contributed by atoms with E-state index in [2.05, 4.69) is 15.3 Å². The zero-order chi connectivity index (χ0) is 19.7. The molecule has 0 bridgehead atoms. The molecule has 0 fully saturated rings. The van der Waals surface area contributed by atoms with Crippen LogP contribution in [-0.4, -0.2) is 38.4 Å². The van der Waals surface area contributed by atoms with Gasteiger partial charge in [0.1, 0.15) is 11.8 Å². The normalized spacial score (nSPS) is 9.42. The molecule has 12 nitrogen and oxygen atoms in total. The van der Waals surface area contributed by atoms with Gasteiger partial charge in [-0.25, -0.2) is 9.78 Å². The average molecular weight is 364 g/mol. The number of pyridine rings is 2. The molecule has 0 spiro atoms. The number of carbonyl (C=O) groups is 2. The summed E-state index contributed by atoms with van der Waals surface area (Å²) < 4.78 is 0. The van der Waals surface area contributed by atoms with Crippen LogP contribution in [0.1, 0.15) is 27.6 Å². The van der Waals surface area contributed by atoms with Crippen molar-refractivity contribution in [1.82, 2.24) is 10.3 Å². The van der Waals surface area contributed by atoms with Crippen molar-refractivity contribution < 1.29 is 29.5 Å². The number of nitro groups is 2. The van der Waals surface area contributed by atoms with Gasteiger partial charge in [-0.1, -0.05) is 0 Å². The molecule has 0 radical (unpaired) electrons. The predicted molar refractivity (Wildman–Crippen MR) is 85.5 cm³/mol. The second-order valence-electron chi connectivity index (χ2n) is 4.59. The Kier molecular flexibility index (Phi) is 7.23. The molecular formula is C14H14N5O7+. The van der Waals surface area contributed by atoms with E-state index in [-0.39, 0.29) is 28.4 Å². The molecule has 0 aliphatic carbocycles. The van der Waals surface area contributed by atoms with Crippen LogP contribution in [0.2, 0.25) is 0 Å². The number of aromatic nitrogens is 2. The summed E-state index contributed by atoms with van der Waals surface area (Å²) in [4.78, 5) is 46.8. The maximum absolute atomic E-state index is 11.2. The number of carboxylic acid groups (broad SMARTS) is 1. The Hall–Kier alpha value is -3.96. The lowest BCUT2D eigenvalue weighted by Gasteiger charge is -2.00. The van der Waals surface area contributed by atoms with Crippen molar-refractivity contribution >= 4 is 23.3 Å². The largest absolute Gasteiger partial charge is 0.477 e. The highest BCUT2D eigenvalue weighted by Gasteiger charge is 2.14. The monoisotopic (exact) mass is 364 g/mol. The fourth-order valence-corrected chi connectivity index (χ4v) is 1.60. The molecule has 3 N–H and O–H groups in total. The third-order valence-electron chi connectivity index (χ3n) is 2.77. The van der Waals surface area contributed by atoms with Crippen LogP contribution in [0.4, 0.5) is 11.4 Å². The summed E-state index contributed by atoms with van der Waals surface area (Å²) in [7, 11) is 0. The molecule has 0 aliphatic heterocycles. The SMILES string of the molecule is CCNC(=O)c1cncc([N+](=O)[O-])c1.O=C(O)c1c[nH+]cc([N+](=O)[O-])c1. The van der Waals surface area contributed by atoms with Crippen molar-refractivity contribution in [2.24, 2.45) is 0 Å². The van der Waals surface area contributed by atoms with E-state index in [0.717, 1.165) is 18.5 Å². The van der Waals surface area contributed by atoms with Crippen LogP contribution in [0.25, 0.3) is 0 Å². The van der Waals surface area contributed by atoms with Crippen molar-refractivity contribution in [3.05, 3.63) is 68.3 Å². The Morgan fingerprint density at radius 1 is 1.12 bits per heavy atom. The number of rotatable bonds is 5. The van der Waals surface area contributed by atoms with Gasteiger partial charge >= 0.3 is 11.7 Å². The number of hydrogen-bond acceptors (Lipinski definition) is 7. The second-order valence-corrected chi connectivity index (χ2v) is 4.59. The first-order chi connectivity index (χ1) is 12.3. The van der Waals surface area contributed by atoms with E-state index in [1.165, 1.54) is 18.5 Å². The van der Waals surface area contributed by atoms with Gasteiger partial charge in [-0.05, 0) is 6.92 Å². The topological polar surface area (TPSA) is 180 Å². The van der Waals surface area contributed by atoms with Gasteiger partial charge in [0, 0.05) is 24.9 Å². The van der Waals surface area contributed by atoms with E-state index in [9.17, 15) is 29.8 Å². The molecule has 0 aliphatic rings. The zero-order valence-corrected chi connectivity index (χ0v) is 13.4. The molecule has 136 valence electrons. The summed E-state index contributed by atoms with van der Waals surface area (Å²) in [6, 6.07) is 2.18. The van der Waals surface area contributed by atoms with Gasteiger partial charge in [0.25, 0.3) is 11.6 Å². The molecular weight excluding hydrogens is 350 g/mol. The molecule has 2 aromatic heterocycles. The van der Waals surface area contributed by atoms with Gasteiger partial charge in [-0.3, -0.25) is 30.0 Å². The van der Waals surface area contributed by atoms with Crippen LogP contribution in [-0.2, 0) is 0 Å². The van der Waals surface area contributed by atoms with E-state index < -0.39 is 15.8 Å². The van der Waals surface area contributed by atoms with E-state index in [0.29, 0.717) is 6.54 Å². The summed E-state index contributed by atoms with van der Waals surface area (Å²) in [5.74, 6) is -1.56. The van der Waals surface area contributed by atoms with Crippen LogP contribution < -0.4 is 10.3 Å². The third-order valence-corrected chi connectivity index (χ3v) is 2.77. The molecule has 2 rings (SSSR count). The van der Waals surface area contributed by atoms with Crippen molar-refractivity contribution in [3.63, 3.8) is 0 Å². The van der Waals surface area contributed by atoms with Crippen LogP contribution >= 0.6 is 0 Å². The summed E-state index contributed by atoms with van der Waals surface area (Å²) >= 11 is 0. The molecule has 2 aromatic rings. The minimum absolute atomic E-state index is 0.135. The van der Waals surface area contributed by atoms with E-state index in [1.807, 2.05) is 0 Å².